The van der Waals surface area contributed by atoms with Crippen molar-refractivity contribution in [3.8, 4) is 23.0 Å². The first kappa shape index (κ1) is 25.4. The topological polar surface area (TPSA) is 57.2 Å². The summed E-state index contributed by atoms with van der Waals surface area (Å²) in [4.78, 5) is 15.6. The summed E-state index contributed by atoms with van der Waals surface area (Å²) in [5.41, 5.74) is 4.93. The van der Waals surface area contributed by atoms with E-state index in [2.05, 4.69) is 26.0 Å². The highest BCUT2D eigenvalue weighted by molar-refractivity contribution is 5.98. The average molecular weight is 490 g/mol. The molecule has 0 fully saturated rings. The Balaban J connectivity index is 1.92. The molecule has 0 saturated carbocycles. The van der Waals surface area contributed by atoms with Crippen molar-refractivity contribution in [1.82, 2.24) is 0 Å². The Kier molecular flexibility index (Phi) is 7.73. The van der Waals surface area contributed by atoms with Gasteiger partial charge in [-0.05, 0) is 78.4 Å². The second-order valence-corrected chi connectivity index (χ2v) is 9.07. The number of carbonyl (C=O) groups excluding carboxylic acids is 1. The van der Waals surface area contributed by atoms with Gasteiger partial charge in [-0.2, -0.15) is 0 Å². The monoisotopic (exact) mass is 489 g/mol. The van der Waals surface area contributed by atoms with Crippen molar-refractivity contribution in [2.24, 2.45) is 0 Å². The number of rotatable bonds is 9. The Morgan fingerprint density at radius 1 is 0.833 bits per heavy atom. The van der Waals surface area contributed by atoms with Gasteiger partial charge in [-0.25, -0.2) is 0 Å². The molecule has 1 atom stereocenters. The molecule has 0 aromatic heterocycles. The van der Waals surface area contributed by atoms with Gasteiger partial charge in [0.15, 0.2) is 23.0 Å². The number of carbonyl (C=O) groups is 1. The molecule has 0 bridgehead atoms. The maximum absolute atomic E-state index is 13.7. The number of benzene rings is 3. The van der Waals surface area contributed by atoms with E-state index < -0.39 is 0 Å². The molecule has 36 heavy (non-hydrogen) atoms. The van der Waals surface area contributed by atoms with Crippen LogP contribution >= 0.6 is 0 Å². The van der Waals surface area contributed by atoms with Crippen molar-refractivity contribution >= 4 is 11.6 Å². The van der Waals surface area contributed by atoms with Gasteiger partial charge in [-0.1, -0.05) is 32.0 Å². The van der Waals surface area contributed by atoms with E-state index in [0.717, 1.165) is 22.4 Å². The fourth-order valence-electron chi connectivity index (χ4n) is 4.76. The minimum Gasteiger partial charge on any atom is -0.493 e. The van der Waals surface area contributed by atoms with Crippen LogP contribution < -0.4 is 23.8 Å². The van der Waals surface area contributed by atoms with Gasteiger partial charge in [0.25, 0.3) is 0 Å². The van der Waals surface area contributed by atoms with E-state index in [1.807, 2.05) is 61.2 Å². The van der Waals surface area contributed by atoms with Crippen molar-refractivity contribution < 1.29 is 23.7 Å². The van der Waals surface area contributed by atoms with Crippen LogP contribution in [0.4, 0.5) is 5.69 Å². The first-order valence-corrected chi connectivity index (χ1v) is 12.5. The van der Waals surface area contributed by atoms with Gasteiger partial charge in [0, 0.05) is 5.69 Å². The lowest BCUT2D eigenvalue weighted by atomic mass is 9.86. The number of methoxy groups -OCH3 is 2. The number of amides is 1. The van der Waals surface area contributed by atoms with Crippen LogP contribution in [0, 0.1) is 0 Å². The normalized spacial score (nSPS) is 15.0. The van der Waals surface area contributed by atoms with Crippen LogP contribution in [-0.2, 0) is 11.2 Å². The van der Waals surface area contributed by atoms with E-state index in [4.69, 9.17) is 18.9 Å². The SMILES string of the molecule is CCOc1cc2c(cc1OCC)C(c1ccc(OC)c(OC)c1)N(c1ccc(C(C)C)cc1)C(=O)C2. The van der Waals surface area contributed by atoms with Gasteiger partial charge in [-0.3, -0.25) is 4.79 Å². The van der Waals surface area contributed by atoms with Gasteiger partial charge in [0.1, 0.15) is 0 Å². The number of fused-ring (bicyclic) bond motifs is 1. The smallest absolute Gasteiger partial charge is 0.232 e. The molecule has 190 valence electrons. The van der Waals surface area contributed by atoms with Crippen LogP contribution in [0.5, 0.6) is 23.0 Å². The van der Waals surface area contributed by atoms with Crippen LogP contribution in [0.2, 0.25) is 0 Å². The molecule has 0 N–H and O–H groups in total. The Morgan fingerprint density at radius 3 is 2.06 bits per heavy atom. The lowest BCUT2D eigenvalue weighted by Crippen LogP contribution is -2.41. The maximum atomic E-state index is 13.7. The van der Waals surface area contributed by atoms with E-state index >= 15 is 0 Å². The first-order valence-electron chi connectivity index (χ1n) is 12.5. The predicted octanol–water partition coefficient (Wildman–Crippen LogP) is 6.30. The van der Waals surface area contributed by atoms with E-state index in [1.54, 1.807) is 14.2 Å². The highest BCUT2D eigenvalue weighted by Gasteiger charge is 2.36. The molecule has 1 unspecified atom stereocenters. The number of ether oxygens (including phenoxy) is 4. The molecule has 1 heterocycles. The molecular formula is C30H35NO5. The van der Waals surface area contributed by atoms with Gasteiger partial charge in [0.05, 0.1) is 39.9 Å². The molecule has 0 aliphatic carbocycles. The van der Waals surface area contributed by atoms with Crippen molar-refractivity contribution in [3.63, 3.8) is 0 Å². The van der Waals surface area contributed by atoms with Crippen molar-refractivity contribution in [3.05, 3.63) is 76.9 Å². The third-order valence-electron chi connectivity index (χ3n) is 6.53. The number of hydrogen-bond acceptors (Lipinski definition) is 5. The lowest BCUT2D eigenvalue weighted by Gasteiger charge is -2.38. The summed E-state index contributed by atoms with van der Waals surface area (Å²) in [7, 11) is 3.23. The highest BCUT2D eigenvalue weighted by atomic mass is 16.5. The quantitative estimate of drug-likeness (QED) is 0.353. The summed E-state index contributed by atoms with van der Waals surface area (Å²) >= 11 is 0. The van der Waals surface area contributed by atoms with E-state index in [1.165, 1.54) is 5.56 Å². The van der Waals surface area contributed by atoms with Gasteiger partial charge in [-0.15, -0.1) is 0 Å². The largest absolute Gasteiger partial charge is 0.493 e. The van der Waals surface area contributed by atoms with Crippen molar-refractivity contribution in [2.45, 2.75) is 46.1 Å². The van der Waals surface area contributed by atoms with Crippen molar-refractivity contribution in [2.75, 3.05) is 32.3 Å². The van der Waals surface area contributed by atoms with Crippen LogP contribution in [-0.4, -0.2) is 33.3 Å². The van der Waals surface area contributed by atoms with E-state index in [9.17, 15) is 4.79 Å². The average Bonchev–Trinajstić information content (AvgIpc) is 2.88. The summed E-state index contributed by atoms with van der Waals surface area (Å²) in [5, 5.41) is 0. The summed E-state index contributed by atoms with van der Waals surface area (Å²) in [6.07, 6.45) is 0.275. The molecule has 4 rings (SSSR count). The minimum absolute atomic E-state index is 0.0196. The van der Waals surface area contributed by atoms with E-state index in [-0.39, 0.29) is 18.4 Å². The summed E-state index contributed by atoms with van der Waals surface area (Å²) < 4.78 is 22.9. The van der Waals surface area contributed by atoms with Crippen LogP contribution in [0.3, 0.4) is 0 Å². The standard InChI is InChI=1S/C30H35NO5/c1-7-35-27-16-22-17-29(32)31(23-12-9-20(10-13-23)19(3)4)30(24(22)18-28(27)36-8-2)21-11-14-25(33-5)26(15-21)34-6/h9-16,18-19,30H,7-8,17H2,1-6H3. The molecular weight excluding hydrogens is 454 g/mol. The minimum atomic E-state index is -0.374. The summed E-state index contributed by atoms with van der Waals surface area (Å²) in [6.45, 7) is 9.24. The van der Waals surface area contributed by atoms with Gasteiger partial charge >= 0.3 is 0 Å². The second kappa shape index (κ2) is 10.9. The number of hydrogen-bond donors (Lipinski definition) is 0. The molecule has 1 amide bonds. The maximum Gasteiger partial charge on any atom is 0.232 e. The zero-order valence-electron chi connectivity index (χ0n) is 22.0. The molecule has 1 aliphatic rings. The molecule has 0 spiro atoms. The van der Waals surface area contributed by atoms with Crippen molar-refractivity contribution in [1.29, 1.82) is 0 Å². The molecule has 6 nitrogen and oxygen atoms in total. The Morgan fingerprint density at radius 2 is 1.47 bits per heavy atom. The predicted molar refractivity (Wildman–Crippen MR) is 142 cm³/mol. The Labute approximate surface area is 213 Å². The van der Waals surface area contributed by atoms with Crippen LogP contribution in [0.1, 0.15) is 61.9 Å². The third kappa shape index (κ3) is 4.85. The highest BCUT2D eigenvalue weighted by Crippen LogP contribution is 2.45. The number of anilines is 1. The molecule has 0 radical (unpaired) electrons. The van der Waals surface area contributed by atoms with Crippen LogP contribution in [0.15, 0.2) is 54.6 Å². The second-order valence-electron chi connectivity index (χ2n) is 9.07. The van der Waals surface area contributed by atoms with E-state index in [0.29, 0.717) is 42.1 Å². The zero-order chi connectivity index (χ0) is 25.8. The summed E-state index contributed by atoms with van der Waals surface area (Å²) in [5.74, 6) is 3.01. The number of nitrogens with zero attached hydrogens (tertiary/aromatic N) is 1. The molecule has 3 aromatic rings. The molecule has 1 aliphatic heterocycles. The molecule has 6 heteroatoms. The first-order chi connectivity index (χ1) is 17.4. The molecule has 3 aromatic carbocycles. The van der Waals surface area contributed by atoms with Crippen LogP contribution in [0.25, 0.3) is 0 Å². The summed E-state index contributed by atoms with van der Waals surface area (Å²) in [6, 6.07) is 17.7. The Hall–Kier alpha value is -3.67. The lowest BCUT2D eigenvalue weighted by molar-refractivity contribution is -0.118. The fraction of sp³-hybridized carbons (Fsp3) is 0.367. The fourth-order valence-corrected chi connectivity index (χ4v) is 4.76. The zero-order valence-corrected chi connectivity index (χ0v) is 22.0. The third-order valence-corrected chi connectivity index (χ3v) is 6.53. The van der Waals surface area contributed by atoms with Gasteiger partial charge in [0.2, 0.25) is 5.91 Å². The van der Waals surface area contributed by atoms with Gasteiger partial charge < -0.3 is 23.8 Å². The molecule has 0 saturated heterocycles. The Bertz CT molecular complexity index is 1220.